The summed E-state index contributed by atoms with van der Waals surface area (Å²) in [5, 5.41) is 8.85. The number of hydrogen-bond acceptors (Lipinski definition) is 5. The van der Waals surface area contributed by atoms with Crippen molar-refractivity contribution >= 4 is 46.6 Å². The van der Waals surface area contributed by atoms with E-state index in [0.29, 0.717) is 22.3 Å². The van der Waals surface area contributed by atoms with E-state index in [1.165, 1.54) is 0 Å². The lowest BCUT2D eigenvalue weighted by Gasteiger charge is -2.23. The van der Waals surface area contributed by atoms with E-state index in [0.717, 1.165) is 5.56 Å². The van der Waals surface area contributed by atoms with Gasteiger partial charge in [0.2, 0.25) is 17.8 Å². The predicted octanol–water partition coefficient (Wildman–Crippen LogP) is 4.35. The van der Waals surface area contributed by atoms with Crippen molar-refractivity contribution in [2.75, 3.05) is 16.0 Å². The van der Waals surface area contributed by atoms with E-state index in [9.17, 15) is 14.4 Å². The number of fused-ring (bicyclic) bond motifs is 1. The Balaban J connectivity index is 1.60. The molecule has 0 aliphatic carbocycles. The number of aromatic nitrogens is 2. The van der Waals surface area contributed by atoms with Crippen LogP contribution in [0.1, 0.15) is 43.2 Å². The quantitative estimate of drug-likeness (QED) is 0.460. The summed E-state index contributed by atoms with van der Waals surface area (Å²) in [5.41, 5.74) is 1.97. The van der Waals surface area contributed by atoms with Crippen LogP contribution in [0.15, 0.2) is 53.3 Å². The second-order valence-corrected chi connectivity index (χ2v) is 8.32. The molecule has 1 aliphatic rings. The molecule has 2 aromatic carbocycles. The number of anilines is 4. The highest BCUT2D eigenvalue weighted by molar-refractivity contribution is 6.30. The zero-order valence-electron chi connectivity index (χ0n) is 17.5. The highest BCUT2D eigenvalue weighted by atomic mass is 35.5. The first-order valence-electron chi connectivity index (χ1n) is 10.2. The number of carbonyl (C=O) groups is 2. The molecule has 0 saturated carbocycles. The van der Waals surface area contributed by atoms with Crippen molar-refractivity contribution in [3.63, 3.8) is 0 Å². The molecular weight excluding hydrogens is 430 g/mol. The number of amides is 2. The topological polar surface area (TPSA) is 116 Å². The van der Waals surface area contributed by atoms with Gasteiger partial charge in [-0.3, -0.25) is 19.4 Å². The minimum Gasteiger partial charge on any atom is -0.326 e. The third-order valence-electron chi connectivity index (χ3n) is 5.20. The molecule has 4 rings (SSSR count). The second-order valence-electron chi connectivity index (χ2n) is 7.88. The van der Waals surface area contributed by atoms with Crippen LogP contribution in [0.25, 0.3) is 0 Å². The Bertz CT molecular complexity index is 1240. The van der Waals surface area contributed by atoms with E-state index in [1.54, 1.807) is 36.4 Å². The second kappa shape index (κ2) is 8.84. The fraction of sp³-hybridized carbons (Fsp3) is 0.217. The van der Waals surface area contributed by atoms with Crippen LogP contribution in [-0.2, 0) is 9.59 Å². The predicted molar refractivity (Wildman–Crippen MR) is 125 cm³/mol. The summed E-state index contributed by atoms with van der Waals surface area (Å²) in [5.74, 6) is -1.24. The number of nitrogens with zero attached hydrogens (tertiary/aromatic N) is 1. The molecule has 8 nitrogen and oxygen atoms in total. The van der Waals surface area contributed by atoms with Crippen LogP contribution in [0.2, 0.25) is 5.02 Å². The van der Waals surface area contributed by atoms with E-state index in [2.05, 4.69) is 39.8 Å². The van der Waals surface area contributed by atoms with E-state index in [1.807, 2.05) is 12.1 Å². The molecular formula is C23H22ClN5O3. The van der Waals surface area contributed by atoms with Crippen LogP contribution in [0.3, 0.4) is 0 Å². The Labute approximate surface area is 189 Å². The Kier molecular flexibility index (Phi) is 5.96. The molecule has 0 bridgehead atoms. The van der Waals surface area contributed by atoms with Crippen molar-refractivity contribution in [2.45, 2.75) is 32.1 Å². The van der Waals surface area contributed by atoms with Gasteiger partial charge in [0, 0.05) is 22.8 Å². The summed E-state index contributed by atoms with van der Waals surface area (Å²) < 4.78 is 0. The average Bonchev–Trinajstić information content (AvgIpc) is 2.73. The number of H-pyrrole nitrogens is 1. The molecule has 1 aromatic heterocycles. The molecule has 3 aromatic rings. The van der Waals surface area contributed by atoms with Gasteiger partial charge >= 0.3 is 0 Å². The number of halogens is 1. The largest absolute Gasteiger partial charge is 0.326 e. The summed E-state index contributed by atoms with van der Waals surface area (Å²) >= 11 is 5.99. The van der Waals surface area contributed by atoms with Gasteiger partial charge in [0.25, 0.3) is 5.56 Å². The Morgan fingerprint density at radius 1 is 1.12 bits per heavy atom. The summed E-state index contributed by atoms with van der Waals surface area (Å²) in [6.07, 6.45) is -0.144. The highest BCUT2D eigenvalue weighted by Crippen LogP contribution is 2.30. The minimum atomic E-state index is -0.958. The van der Waals surface area contributed by atoms with Crippen LogP contribution < -0.4 is 21.5 Å². The smallest absolute Gasteiger partial charge is 0.258 e. The Hall–Kier alpha value is -3.65. The first-order valence-corrected chi connectivity index (χ1v) is 10.6. The first-order chi connectivity index (χ1) is 15.3. The van der Waals surface area contributed by atoms with Gasteiger partial charge in [-0.15, -0.1) is 0 Å². The van der Waals surface area contributed by atoms with Gasteiger partial charge in [0.15, 0.2) is 0 Å². The third kappa shape index (κ3) is 4.65. The molecule has 2 heterocycles. The van der Waals surface area contributed by atoms with Crippen molar-refractivity contribution < 1.29 is 9.59 Å². The van der Waals surface area contributed by atoms with Crippen molar-refractivity contribution in [3.8, 4) is 0 Å². The Morgan fingerprint density at radius 2 is 1.88 bits per heavy atom. The number of benzene rings is 2. The maximum absolute atomic E-state index is 13.0. The normalized spacial score (nSPS) is 15.1. The summed E-state index contributed by atoms with van der Waals surface area (Å²) in [7, 11) is 0. The molecule has 0 unspecified atom stereocenters. The maximum Gasteiger partial charge on any atom is 0.258 e. The molecule has 1 atom stereocenters. The van der Waals surface area contributed by atoms with Gasteiger partial charge in [0.05, 0.1) is 11.5 Å². The van der Waals surface area contributed by atoms with Gasteiger partial charge in [0.1, 0.15) is 5.82 Å². The van der Waals surface area contributed by atoms with E-state index < -0.39 is 17.4 Å². The van der Waals surface area contributed by atoms with Crippen molar-refractivity contribution in [1.82, 2.24) is 9.97 Å². The van der Waals surface area contributed by atoms with Gasteiger partial charge in [-0.2, -0.15) is 4.98 Å². The zero-order valence-corrected chi connectivity index (χ0v) is 18.3. The number of carbonyl (C=O) groups excluding carboxylic acids is 2. The lowest BCUT2D eigenvalue weighted by atomic mass is 9.92. The minimum absolute atomic E-state index is 0.0600. The molecule has 1 aliphatic heterocycles. The fourth-order valence-electron chi connectivity index (χ4n) is 3.54. The number of rotatable bonds is 5. The standard InChI is InChI=1S/C23H22ClN5O3/c1-12(2)13-6-8-15(9-7-13)25-21(31)17-11-18(30)27-20-19(17)22(32)29-23(28-20)26-16-5-3-4-14(24)10-16/h3-10,12,17H,11H2,1-2H3,(H,25,31)(H3,26,27,28,29,30,32)/t17-/m1/s1. The van der Waals surface area contributed by atoms with E-state index in [-0.39, 0.29) is 29.7 Å². The number of nitrogens with one attached hydrogen (secondary N) is 4. The van der Waals surface area contributed by atoms with E-state index in [4.69, 9.17) is 11.6 Å². The van der Waals surface area contributed by atoms with Crippen molar-refractivity contribution in [1.29, 1.82) is 0 Å². The molecule has 32 heavy (non-hydrogen) atoms. The fourth-order valence-corrected chi connectivity index (χ4v) is 3.73. The van der Waals surface area contributed by atoms with Crippen LogP contribution in [-0.4, -0.2) is 21.8 Å². The van der Waals surface area contributed by atoms with Crippen LogP contribution in [0, 0.1) is 0 Å². The molecule has 0 saturated heterocycles. The van der Waals surface area contributed by atoms with Crippen LogP contribution in [0.4, 0.5) is 23.1 Å². The van der Waals surface area contributed by atoms with Gasteiger partial charge in [-0.05, 0) is 41.8 Å². The summed E-state index contributed by atoms with van der Waals surface area (Å²) in [6, 6.07) is 14.4. The summed E-state index contributed by atoms with van der Waals surface area (Å²) in [4.78, 5) is 45.0. The number of hydrogen-bond donors (Lipinski definition) is 4. The van der Waals surface area contributed by atoms with E-state index >= 15 is 0 Å². The maximum atomic E-state index is 13.0. The molecule has 9 heteroatoms. The SMILES string of the molecule is CC(C)c1ccc(NC(=O)[C@@H]2CC(=O)Nc3nc(Nc4cccc(Cl)c4)[nH]c(=O)c32)cc1. The first kappa shape index (κ1) is 21.6. The van der Waals surface area contributed by atoms with Crippen molar-refractivity contribution in [3.05, 3.63) is 75.0 Å². The van der Waals surface area contributed by atoms with Crippen LogP contribution >= 0.6 is 11.6 Å². The van der Waals surface area contributed by atoms with Gasteiger partial charge in [-0.1, -0.05) is 43.6 Å². The van der Waals surface area contributed by atoms with Gasteiger partial charge < -0.3 is 16.0 Å². The molecule has 2 amide bonds. The van der Waals surface area contributed by atoms with Crippen molar-refractivity contribution in [2.24, 2.45) is 0 Å². The molecule has 0 fully saturated rings. The summed E-state index contributed by atoms with van der Waals surface area (Å²) in [6.45, 7) is 4.17. The number of aromatic amines is 1. The molecule has 4 N–H and O–H groups in total. The van der Waals surface area contributed by atoms with Gasteiger partial charge in [-0.25, -0.2) is 0 Å². The Morgan fingerprint density at radius 3 is 2.56 bits per heavy atom. The van der Waals surface area contributed by atoms with Crippen LogP contribution in [0.5, 0.6) is 0 Å². The lowest BCUT2D eigenvalue weighted by molar-refractivity contribution is -0.123. The average molecular weight is 452 g/mol. The highest BCUT2D eigenvalue weighted by Gasteiger charge is 2.34. The molecule has 0 radical (unpaired) electrons. The molecule has 164 valence electrons. The lowest BCUT2D eigenvalue weighted by Crippen LogP contribution is -2.36. The monoisotopic (exact) mass is 451 g/mol. The zero-order chi connectivity index (χ0) is 22.8. The third-order valence-corrected chi connectivity index (χ3v) is 5.43. The molecule has 0 spiro atoms.